The first-order valence-electron chi connectivity index (χ1n) is 7.00. The molecule has 3 aromatic heterocycles. The molecule has 0 radical (unpaired) electrons. The number of anilines is 2. The van der Waals surface area contributed by atoms with Crippen molar-refractivity contribution in [2.75, 3.05) is 5.32 Å². The van der Waals surface area contributed by atoms with Gasteiger partial charge in [0, 0.05) is 11.9 Å². The highest BCUT2D eigenvalue weighted by molar-refractivity contribution is 7.19. The van der Waals surface area contributed by atoms with Crippen LogP contribution in [-0.2, 0) is 0 Å². The smallest absolute Gasteiger partial charge is 0.188 e. The van der Waals surface area contributed by atoms with Gasteiger partial charge in [0.2, 0.25) is 0 Å². The van der Waals surface area contributed by atoms with E-state index in [2.05, 4.69) is 30.5 Å². The minimum absolute atomic E-state index is 0.685. The Morgan fingerprint density at radius 3 is 2.57 bits per heavy atom. The second-order valence-corrected chi connectivity index (χ2v) is 5.74. The summed E-state index contributed by atoms with van der Waals surface area (Å²) in [5, 5.41) is 10.9. The monoisotopic (exact) mass is 320 g/mol. The summed E-state index contributed by atoms with van der Waals surface area (Å²) in [4.78, 5) is 14.2. The minimum Gasteiger partial charge on any atom is -0.332 e. The zero-order chi connectivity index (χ0) is 15.5. The van der Waals surface area contributed by atoms with Crippen LogP contribution in [0.15, 0.2) is 61.1 Å². The summed E-state index contributed by atoms with van der Waals surface area (Å²) in [5.74, 6) is 0.685. The number of rotatable bonds is 4. The molecule has 112 valence electrons. The third-order valence-corrected chi connectivity index (χ3v) is 4.17. The Bertz CT molecular complexity index is 887. The van der Waals surface area contributed by atoms with Gasteiger partial charge in [0.25, 0.3) is 0 Å². The first kappa shape index (κ1) is 13.6. The topological polar surface area (TPSA) is 79.4 Å². The number of hydrogen-bond acceptors (Lipinski definition) is 6. The molecule has 0 aliphatic rings. The lowest BCUT2D eigenvalue weighted by Crippen LogP contribution is -1.90. The molecule has 0 bridgehead atoms. The Labute approximate surface area is 136 Å². The van der Waals surface area contributed by atoms with Crippen molar-refractivity contribution in [3.8, 4) is 22.1 Å². The van der Waals surface area contributed by atoms with Gasteiger partial charge in [-0.2, -0.15) is 5.10 Å². The molecule has 6 nitrogen and oxygen atoms in total. The molecule has 0 saturated carbocycles. The van der Waals surface area contributed by atoms with Crippen molar-refractivity contribution in [3.05, 3.63) is 61.1 Å². The molecule has 4 aromatic rings. The number of nitrogens with one attached hydrogen (secondary N) is 2. The second kappa shape index (κ2) is 5.98. The number of para-hydroxylation sites is 1. The Balaban J connectivity index is 1.78. The van der Waals surface area contributed by atoms with E-state index in [0.717, 1.165) is 27.1 Å². The summed E-state index contributed by atoms with van der Waals surface area (Å²) in [7, 11) is 0. The first-order valence-corrected chi connectivity index (χ1v) is 7.82. The molecule has 7 heteroatoms. The summed E-state index contributed by atoms with van der Waals surface area (Å²) in [6, 6.07) is 15.7. The number of pyridine rings is 1. The van der Waals surface area contributed by atoms with Crippen LogP contribution in [0.25, 0.3) is 22.1 Å². The van der Waals surface area contributed by atoms with Crippen molar-refractivity contribution in [3.63, 3.8) is 0 Å². The molecule has 0 unspecified atom stereocenters. The minimum atomic E-state index is 0.685. The van der Waals surface area contributed by atoms with Gasteiger partial charge in [-0.25, -0.2) is 9.97 Å². The lowest BCUT2D eigenvalue weighted by Gasteiger charge is -2.00. The van der Waals surface area contributed by atoms with E-state index < -0.39 is 0 Å². The first-order chi connectivity index (χ1) is 11.4. The Kier molecular flexibility index (Phi) is 3.53. The lowest BCUT2D eigenvalue weighted by atomic mass is 10.2. The molecule has 0 spiro atoms. The number of nitrogens with zero attached hydrogens (tertiary/aromatic N) is 4. The van der Waals surface area contributed by atoms with Gasteiger partial charge in [0.1, 0.15) is 16.9 Å². The maximum absolute atomic E-state index is 4.69. The van der Waals surface area contributed by atoms with Crippen LogP contribution in [0.3, 0.4) is 0 Å². The lowest BCUT2D eigenvalue weighted by molar-refractivity contribution is 1.10. The van der Waals surface area contributed by atoms with Crippen molar-refractivity contribution in [2.24, 2.45) is 0 Å². The highest BCUT2D eigenvalue weighted by Crippen LogP contribution is 2.37. The van der Waals surface area contributed by atoms with E-state index in [0.29, 0.717) is 5.82 Å². The van der Waals surface area contributed by atoms with Crippen LogP contribution in [0.5, 0.6) is 0 Å². The number of aromatic amines is 1. The van der Waals surface area contributed by atoms with E-state index in [1.54, 1.807) is 6.20 Å². The fourth-order valence-corrected chi connectivity index (χ4v) is 3.11. The molecule has 0 aliphatic carbocycles. The normalized spacial score (nSPS) is 10.6. The van der Waals surface area contributed by atoms with Crippen molar-refractivity contribution in [1.82, 2.24) is 25.1 Å². The van der Waals surface area contributed by atoms with Crippen LogP contribution >= 0.6 is 11.3 Å². The number of benzene rings is 1. The van der Waals surface area contributed by atoms with Gasteiger partial charge < -0.3 is 5.32 Å². The van der Waals surface area contributed by atoms with Crippen LogP contribution in [0.1, 0.15) is 0 Å². The molecule has 2 N–H and O–H groups in total. The van der Waals surface area contributed by atoms with Crippen LogP contribution in [0, 0.1) is 0 Å². The molecule has 0 fully saturated rings. The van der Waals surface area contributed by atoms with Gasteiger partial charge >= 0.3 is 0 Å². The summed E-state index contributed by atoms with van der Waals surface area (Å²) >= 11 is 1.51. The van der Waals surface area contributed by atoms with E-state index in [9.17, 15) is 0 Å². The average Bonchev–Trinajstić information content (AvgIpc) is 3.26. The molecule has 23 heavy (non-hydrogen) atoms. The fourth-order valence-electron chi connectivity index (χ4n) is 2.17. The fraction of sp³-hybridized carbons (Fsp3) is 0. The van der Waals surface area contributed by atoms with Crippen molar-refractivity contribution < 1.29 is 0 Å². The van der Waals surface area contributed by atoms with E-state index in [-0.39, 0.29) is 0 Å². The van der Waals surface area contributed by atoms with Crippen LogP contribution < -0.4 is 5.32 Å². The predicted molar refractivity (Wildman–Crippen MR) is 90.4 cm³/mol. The van der Waals surface area contributed by atoms with Crippen LogP contribution in [-0.4, -0.2) is 25.1 Å². The molecular weight excluding hydrogens is 308 g/mol. The molecule has 3 heterocycles. The van der Waals surface area contributed by atoms with Crippen LogP contribution in [0.4, 0.5) is 10.8 Å². The summed E-state index contributed by atoms with van der Waals surface area (Å²) < 4.78 is 0. The Morgan fingerprint density at radius 1 is 0.957 bits per heavy atom. The number of aromatic nitrogens is 5. The Morgan fingerprint density at radius 2 is 1.83 bits per heavy atom. The summed E-state index contributed by atoms with van der Waals surface area (Å²) in [5.41, 5.74) is 2.57. The average molecular weight is 320 g/mol. The zero-order valence-electron chi connectivity index (χ0n) is 12.0. The second-order valence-electron chi connectivity index (χ2n) is 4.74. The third-order valence-electron chi connectivity index (χ3n) is 3.19. The maximum atomic E-state index is 4.69. The molecule has 0 amide bonds. The van der Waals surface area contributed by atoms with Crippen molar-refractivity contribution in [2.45, 2.75) is 0 Å². The third kappa shape index (κ3) is 2.82. The van der Waals surface area contributed by atoms with E-state index in [4.69, 9.17) is 0 Å². The molecule has 4 rings (SSSR count). The number of H-pyrrole nitrogens is 1. The SMILES string of the molecule is c1ccc(Nc2nc(-c3ccccn3)c(-c3ncn[nH]3)s2)cc1. The van der Waals surface area contributed by atoms with Crippen molar-refractivity contribution >= 4 is 22.2 Å². The highest BCUT2D eigenvalue weighted by Gasteiger charge is 2.17. The van der Waals surface area contributed by atoms with E-state index in [1.165, 1.54) is 17.7 Å². The van der Waals surface area contributed by atoms with Gasteiger partial charge in [-0.3, -0.25) is 10.1 Å². The Hall–Kier alpha value is -3.06. The number of hydrogen-bond donors (Lipinski definition) is 2. The zero-order valence-corrected chi connectivity index (χ0v) is 12.8. The van der Waals surface area contributed by atoms with E-state index >= 15 is 0 Å². The van der Waals surface area contributed by atoms with Gasteiger partial charge in [-0.15, -0.1) is 0 Å². The molecule has 0 aliphatic heterocycles. The quantitative estimate of drug-likeness (QED) is 0.599. The standard InChI is InChI=1S/C16H12N6S/c1-2-6-11(7-3-1)20-16-21-13(12-8-4-5-9-17-12)14(23-16)15-18-10-19-22-15/h1-10H,(H,20,21)(H,18,19,22). The summed E-state index contributed by atoms with van der Waals surface area (Å²) in [6.45, 7) is 0. The van der Waals surface area contributed by atoms with Gasteiger partial charge in [0.05, 0.1) is 5.69 Å². The van der Waals surface area contributed by atoms with Gasteiger partial charge in [0.15, 0.2) is 11.0 Å². The van der Waals surface area contributed by atoms with Crippen molar-refractivity contribution in [1.29, 1.82) is 0 Å². The molecular formula is C16H12N6S. The van der Waals surface area contributed by atoms with Gasteiger partial charge in [-0.05, 0) is 24.3 Å². The highest BCUT2D eigenvalue weighted by atomic mass is 32.1. The largest absolute Gasteiger partial charge is 0.332 e. The molecule has 0 saturated heterocycles. The summed E-state index contributed by atoms with van der Waals surface area (Å²) in [6.07, 6.45) is 3.24. The predicted octanol–water partition coefficient (Wildman–Crippen LogP) is 3.73. The molecule has 0 atom stereocenters. The molecule has 1 aromatic carbocycles. The van der Waals surface area contributed by atoms with E-state index in [1.807, 2.05) is 48.5 Å². The maximum Gasteiger partial charge on any atom is 0.188 e. The van der Waals surface area contributed by atoms with Gasteiger partial charge in [-0.1, -0.05) is 35.6 Å². The van der Waals surface area contributed by atoms with Crippen LogP contribution in [0.2, 0.25) is 0 Å². The number of thiazole rings is 1.